The molecule has 0 amide bonds. The highest BCUT2D eigenvalue weighted by Crippen LogP contribution is 2.24. The van der Waals surface area contributed by atoms with Crippen LogP contribution >= 0.6 is 0 Å². The van der Waals surface area contributed by atoms with Gasteiger partial charge in [-0.25, -0.2) is 14.2 Å². The summed E-state index contributed by atoms with van der Waals surface area (Å²) in [6.45, 7) is 0.403. The number of carboxylic acid groups (broad SMARTS) is 1. The van der Waals surface area contributed by atoms with Crippen molar-refractivity contribution in [2.24, 2.45) is 0 Å². The summed E-state index contributed by atoms with van der Waals surface area (Å²) in [7, 11) is 1.57. The molecule has 0 spiro atoms. The molecule has 1 aromatic carbocycles. The summed E-state index contributed by atoms with van der Waals surface area (Å²) in [5.41, 5.74) is 0.533. The van der Waals surface area contributed by atoms with Gasteiger partial charge in [0.05, 0.1) is 12.8 Å². The predicted octanol–water partition coefficient (Wildman–Crippen LogP) is 2.86. The number of hydrogen-bond acceptors (Lipinski definition) is 4. The molecule has 0 unspecified atom stereocenters. The van der Waals surface area contributed by atoms with Crippen molar-refractivity contribution in [3.05, 3.63) is 53.5 Å². The average molecular weight is 277 g/mol. The van der Waals surface area contributed by atoms with Crippen LogP contribution in [0.5, 0.6) is 11.6 Å². The third-order valence-electron chi connectivity index (χ3n) is 2.47. The number of pyridine rings is 1. The molecule has 0 aliphatic heterocycles. The summed E-state index contributed by atoms with van der Waals surface area (Å²) in [5.74, 6) is -1.79. The lowest BCUT2D eigenvalue weighted by atomic mass is 10.2. The minimum atomic E-state index is -1.31. The third-order valence-corrected chi connectivity index (χ3v) is 2.47. The number of carbonyl (C=O) groups is 1. The molecule has 0 aliphatic rings. The Morgan fingerprint density at radius 1 is 1.40 bits per heavy atom. The first-order valence-corrected chi connectivity index (χ1v) is 5.74. The molecule has 5 nitrogen and oxygen atoms in total. The molecule has 0 aliphatic carbocycles. The van der Waals surface area contributed by atoms with E-state index in [2.05, 4.69) is 4.98 Å². The molecule has 0 saturated heterocycles. The molecule has 2 aromatic rings. The van der Waals surface area contributed by atoms with Gasteiger partial charge in [-0.3, -0.25) is 0 Å². The van der Waals surface area contributed by atoms with Gasteiger partial charge < -0.3 is 14.6 Å². The van der Waals surface area contributed by atoms with Crippen LogP contribution in [0.3, 0.4) is 0 Å². The van der Waals surface area contributed by atoms with Crippen molar-refractivity contribution in [3.63, 3.8) is 0 Å². The van der Waals surface area contributed by atoms with Gasteiger partial charge in [0.1, 0.15) is 17.1 Å². The molecule has 6 heteroatoms. The summed E-state index contributed by atoms with van der Waals surface area (Å²) >= 11 is 0. The smallest absolute Gasteiger partial charge is 0.341 e. The van der Waals surface area contributed by atoms with Crippen molar-refractivity contribution in [3.8, 4) is 11.6 Å². The second-order valence-corrected chi connectivity index (χ2v) is 3.99. The van der Waals surface area contributed by atoms with E-state index in [-0.39, 0.29) is 11.4 Å². The molecular weight excluding hydrogens is 265 g/mol. The van der Waals surface area contributed by atoms with E-state index in [1.165, 1.54) is 0 Å². The molecule has 0 saturated carbocycles. The summed E-state index contributed by atoms with van der Waals surface area (Å²) < 4.78 is 23.4. The Labute approximate surface area is 114 Å². The highest BCUT2D eigenvalue weighted by atomic mass is 19.1. The number of benzene rings is 1. The van der Waals surface area contributed by atoms with Crippen LogP contribution in [-0.2, 0) is 11.3 Å². The molecule has 0 fully saturated rings. The zero-order valence-electron chi connectivity index (χ0n) is 10.7. The summed E-state index contributed by atoms with van der Waals surface area (Å²) in [6, 6.07) is 7.79. The Morgan fingerprint density at radius 2 is 2.20 bits per heavy atom. The highest BCUT2D eigenvalue weighted by Gasteiger charge is 2.15. The number of aromatic nitrogens is 1. The van der Waals surface area contributed by atoms with Gasteiger partial charge in [0.15, 0.2) is 0 Å². The van der Waals surface area contributed by atoms with Crippen LogP contribution < -0.4 is 4.74 Å². The summed E-state index contributed by atoms with van der Waals surface area (Å²) in [5, 5.41) is 9.00. The fourth-order valence-electron chi connectivity index (χ4n) is 1.64. The van der Waals surface area contributed by atoms with Crippen molar-refractivity contribution in [1.82, 2.24) is 4.98 Å². The average Bonchev–Trinajstić information content (AvgIpc) is 2.41. The zero-order chi connectivity index (χ0) is 14.5. The van der Waals surface area contributed by atoms with Gasteiger partial charge in [0.2, 0.25) is 5.88 Å². The lowest BCUT2D eigenvalue weighted by molar-refractivity contribution is 0.0692. The Hall–Kier alpha value is -2.47. The van der Waals surface area contributed by atoms with Crippen molar-refractivity contribution in [2.45, 2.75) is 6.61 Å². The fraction of sp³-hybridized carbons (Fsp3) is 0.143. The van der Waals surface area contributed by atoms with Crippen LogP contribution in [0.15, 0.2) is 36.5 Å². The van der Waals surface area contributed by atoms with Crippen LogP contribution in [0, 0.1) is 5.82 Å². The maximum Gasteiger partial charge on any atom is 0.341 e. The predicted molar refractivity (Wildman–Crippen MR) is 68.4 cm³/mol. The summed E-state index contributed by atoms with van der Waals surface area (Å²) in [4.78, 5) is 14.7. The second kappa shape index (κ2) is 6.12. The number of halogens is 1. The van der Waals surface area contributed by atoms with Crippen molar-refractivity contribution < 1.29 is 23.8 Å². The van der Waals surface area contributed by atoms with E-state index in [1.807, 2.05) is 6.07 Å². The molecular formula is C14H12FNO4. The lowest BCUT2D eigenvalue weighted by Gasteiger charge is -2.08. The van der Waals surface area contributed by atoms with Gasteiger partial charge in [-0.2, -0.15) is 0 Å². The van der Waals surface area contributed by atoms with E-state index in [9.17, 15) is 9.18 Å². The van der Waals surface area contributed by atoms with Gasteiger partial charge in [-0.1, -0.05) is 12.1 Å². The SMILES string of the molecule is COCc1cccc(Oc2ncc(F)cc2C(=O)O)c1. The van der Waals surface area contributed by atoms with Crippen molar-refractivity contribution in [2.75, 3.05) is 7.11 Å². The van der Waals surface area contributed by atoms with E-state index in [0.717, 1.165) is 17.8 Å². The van der Waals surface area contributed by atoms with Crippen LogP contribution in [-0.4, -0.2) is 23.2 Å². The maximum absolute atomic E-state index is 13.0. The number of aromatic carboxylic acids is 1. The number of ether oxygens (including phenoxy) is 2. The molecule has 0 atom stereocenters. The highest BCUT2D eigenvalue weighted by molar-refractivity contribution is 5.90. The largest absolute Gasteiger partial charge is 0.477 e. The molecule has 1 heterocycles. The molecule has 2 rings (SSSR count). The van der Waals surface area contributed by atoms with Gasteiger partial charge >= 0.3 is 5.97 Å². The van der Waals surface area contributed by atoms with E-state index in [1.54, 1.807) is 25.3 Å². The van der Waals surface area contributed by atoms with Crippen molar-refractivity contribution in [1.29, 1.82) is 0 Å². The third kappa shape index (κ3) is 3.30. The topological polar surface area (TPSA) is 68.7 Å². The van der Waals surface area contributed by atoms with Crippen LogP contribution in [0.2, 0.25) is 0 Å². The van der Waals surface area contributed by atoms with Crippen molar-refractivity contribution >= 4 is 5.97 Å². The quantitative estimate of drug-likeness (QED) is 0.910. The number of hydrogen-bond donors (Lipinski definition) is 1. The standard InChI is InChI=1S/C14H12FNO4/c1-19-8-9-3-2-4-11(5-9)20-13-12(14(17)18)6-10(15)7-16-13/h2-7H,8H2,1H3,(H,17,18). The number of carboxylic acids is 1. The Morgan fingerprint density at radius 3 is 2.90 bits per heavy atom. The monoisotopic (exact) mass is 277 g/mol. The van der Waals surface area contributed by atoms with E-state index >= 15 is 0 Å². The minimum absolute atomic E-state index is 0.159. The Kier molecular flexibility index (Phi) is 4.27. The first-order chi connectivity index (χ1) is 9.60. The number of methoxy groups -OCH3 is 1. The number of nitrogens with zero attached hydrogens (tertiary/aromatic N) is 1. The van der Waals surface area contributed by atoms with Crippen LogP contribution in [0.4, 0.5) is 4.39 Å². The first kappa shape index (κ1) is 14.0. The van der Waals surface area contributed by atoms with Gasteiger partial charge in [0, 0.05) is 7.11 Å². The molecule has 20 heavy (non-hydrogen) atoms. The van der Waals surface area contributed by atoms with Gasteiger partial charge in [-0.15, -0.1) is 0 Å². The molecule has 0 bridgehead atoms. The molecule has 1 N–H and O–H groups in total. The Balaban J connectivity index is 2.30. The van der Waals surface area contributed by atoms with E-state index in [4.69, 9.17) is 14.6 Å². The molecule has 0 radical (unpaired) electrons. The van der Waals surface area contributed by atoms with E-state index < -0.39 is 11.8 Å². The number of rotatable bonds is 5. The second-order valence-electron chi connectivity index (χ2n) is 3.99. The van der Waals surface area contributed by atoms with Gasteiger partial charge in [-0.05, 0) is 23.8 Å². The maximum atomic E-state index is 13.0. The fourth-order valence-corrected chi connectivity index (χ4v) is 1.64. The molecule has 104 valence electrons. The Bertz CT molecular complexity index is 630. The molecule has 1 aromatic heterocycles. The van der Waals surface area contributed by atoms with Gasteiger partial charge in [0.25, 0.3) is 0 Å². The normalized spacial score (nSPS) is 10.3. The van der Waals surface area contributed by atoms with Crippen LogP contribution in [0.1, 0.15) is 15.9 Å². The summed E-state index contributed by atoms with van der Waals surface area (Å²) in [6.07, 6.45) is 0.904. The first-order valence-electron chi connectivity index (χ1n) is 5.74. The zero-order valence-corrected chi connectivity index (χ0v) is 10.7. The van der Waals surface area contributed by atoms with Crippen LogP contribution in [0.25, 0.3) is 0 Å². The van der Waals surface area contributed by atoms with E-state index in [0.29, 0.717) is 12.4 Å². The minimum Gasteiger partial charge on any atom is -0.477 e. The lowest BCUT2D eigenvalue weighted by Crippen LogP contribution is -2.03.